The van der Waals surface area contributed by atoms with Crippen LogP contribution in [0.2, 0.25) is 5.15 Å². The summed E-state index contributed by atoms with van der Waals surface area (Å²) in [6, 6.07) is -0.165. The zero-order valence-corrected chi connectivity index (χ0v) is 21.0. The monoisotopic (exact) mass is 490 g/mol. The van der Waals surface area contributed by atoms with Gasteiger partial charge in [0.2, 0.25) is 0 Å². The quantitative estimate of drug-likeness (QED) is 0.490. The van der Waals surface area contributed by atoms with Crippen LogP contribution in [0, 0.1) is 6.92 Å². The van der Waals surface area contributed by atoms with E-state index in [9.17, 15) is 14.4 Å². The fourth-order valence-electron chi connectivity index (χ4n) is 4.43. The summed E-state index contributed by atoms with van der Waals surface area (Å²) in [6.07, 6.45) is 10.1. The lowest BCUT2D eigenvalue weighted by atomic mass is 10.1. The number of halogens is 1. The molecule has 0 spiro atoms. The van der Waals surface area contributed by atoms with E-state index in [0.29, 0.717) is 23.8 Å². The molecule has 1 fully saturated rings. The number of carbonyl (C=O) groups excluding carboxylic acids is 1. The van der Waals surface area contributed by atoms with Gasteiger partial charge in [0.15, 0.2) is 5.69 Å². The maximum absolute atomic E-state index is 13.5. The summed E-state index contributed by atoms with van der Waals surface area (Å²) in [7, 11) is 0. The molecular weight excluding hydrogens is 456 g/mol. The molecular formula is C24H35ClN6O3. The highest BCUT2D eigenvalue weighted by atomic mass is 35.5. The maximum Gasteiger partial charge on any atom is 0.330 e. The summed E-state index contributed by atoms with van der Waals surface area (Å²) < 4.78 is 3.09. The lowest BCUT2D eigenvalue weighted by Gasteiger charge is -2.29. The molecule has 0 radical (unpaired) electrons. The molecule has 9 nitrogen and oxygen atoms in total. The zero-order valence-electron chi connectivity index (χ0n) is 20.3. The highest BCUT2D eigenvalue weighted by Crippen LogP contribution is 2.30. The molecule has 10 heteroatoms. The Morgan fingerprint density at radius 3 is 2.50 bits per heavy atom. The third-order valence-electron chi connectivity index (χ3n) is 6.34. The number of hydrogen-bond acceptors (Lipinski definition) is 5. The van der Waals surface area contributed by atoms with E-state index in [2.05, 4.69) is 17.0 Å². The Bertz CT molecular complexity index is 1160. The van der Waals surface area contributed by atoms with Gasteiger partial charge in [0, 0.05) is 30.8 Å². The molecule has 1 aliphatic rings. The Morgan fingerprint density at radius 1 is 1.21 bits per heavy atom. The molecule has 1 saturated carbocycles. The second kappa shape index (κ2) is 11.6. The summed E-state index contributed by atoms with van der Waals surface area (Å²) in [5.41, 5.74) is 6.56. The lowest BCUT2D eigenvalue weighted by molar-refractivity contribution is -0.114. The molecule has 2 aromatic rings. The normalized spacial score (nSPS) is 14.4. The predicted molar refractivity (Wildman–Crippen MR) is 136 cm³/mol. The van der Waals surface area contributed by atoms with Crippen molar-refractivity contribution in [3.63, 3.8) is 0 Å². The molecule has 0 unspecified atom stereocenters. The molecule has 3 N–H and O–H groups in total. The third-order valence-corrected chi connectivity index (χ3v) is 6.74. The van der Waals surface area contributed by atoms with E-state index in [-0.39, 0.29) is 23.5 Å². The second-order valence-electron chi connectivity index (χ2n) is 8.84. The van der Waals surface area contributed by atoms with E-state index in [1.165, 1.54) is 15.5 Å². The minimum atomic E-state index is -0.648. The van der Waals surface area contributed by atoms with Crippen LogP contribution in [-0.2, 0) is 17.9 Å². The molecule has 186 valence electrons. The first-order chi connectivity index (χ1) is 16.3. The number of hydrogen-bond donors (Lipinski definition) is 2. The molecule has 0 saturated heterocycles. The van der Waals surface area contributed by atoms with Crippen molar-refractivity contribution >= 4 is 35.1 Å². The van der Waals surface area contributed by atoms with E-state index < -0.39 is 11.2 Å². The number of rotatable bonds is 10. The van der Waals surface area contributed by atoms with Gasteiger partial charge in [-0.15, -0.1) is 0 Å². The van der Waals surface area contributed by atoms with Crippen molar-refractivity contribution in [2.24, 2.45) is 0 Å². The number of aryl methyl sites for hydroxylation is 2. The fraction of sp³-hybridized carbons (Fsp3) is 0.583. The van der Waals surface area contributed by atoms with Crippen LogP contribution in [-0.4, -0.2) is 31.3 Å². The van der Waals surface area contributed by atoms with Crippen LogP contribution in [0.3, 0.4) is 0 Å². The average Bonchev–Trinajstić information content (AvgIpc) is 3.41. The summed E-state index contributed by atoms with van der Waals surface area (Å²) >= 11 is 6.52. The molecule has 2 heterocycles. The van der Waals surface area contributed by atoms with E-state index in [1.807, 2.05) is 13.8 Å². The number of nitrogen functional groups attached to an aromatic ring is 1. The van der Waals surface area contributed by atoms with Crippen LogP contribution in [0.4, 0.5) is 11.5 Å². The highest BCUT2D eigenvalue weighted by molar-refractivity contribution is 6.31. The van der Waals surface area contributed by atoms with Gasteiger partial charge in [0.25, 0.3) is 11.5 Å². The summed E-state index contributed by atoms with van der Waals surface area (Å²) in [5, 5.41) is 4.96. The molecule has 2 aromatic heterocycles. The highest BCUT2D eigenvalue weighted by Gasteiger charge is 2.31. The number of anilines is 2. The van der Waals surface area contributed by atoms with Crippen molar-refractivity contribution in [2.75, 3.05) is 10.6 Å². The van der Waals surface area contributed by atoms with E-state index in [1.54, 1.807) is 10.8 Å². The largest absolute Gasteiger partial charge is 0.383 e. The minimum Gasteiger partial charge on any atom is -0.383 e. The van der Waals surface area contributed by atoms with Crippen LogP contribution in [0.1, 0.15) is 76.5 Å². The number of nitrogens with one attached hydrogen (secondary N) is 1. The molecule has 1 aliphatic carbocycles. The summed E-state index contributed by atoms with van der Waals surface area (Å²) in [4.78, 5) is 42.6. The Hall–Kier alpha value is -2.81. The molecule has 0 aromatic carbocycles. The number of carbonyl (C=O) groups is 1. The van der Waals surface area contributed by atoms with Crippen LogP contribution in [0.5, 0.6) is 0 Å². The smallest absolute Gasteiger partial charge is 0.330 e. The number of unbranched alkanes of at least 4 members (excludes halogenated alkanes) is 2. The Balaban J connectivity index is 2.00. The molecule has 3 rings (SSSR count). The van der Waals surface area contributed by atoms with Crippen LogP contribution in [0.25, 0.3) is 6.08 Å². The molecule has 0 atom stereocenters. The molecule has 0 bridgehead atoms. The van der Waals surface area contributed by atoms with Crippen molar-refractivity contribution in [2.45, 2.75) is 91.3 Å². The van der Waals surface area contributed by atoms with Crippen molar-refractivity contribution in [1.29, 1.82) is 0 Å². The first-order valence-corrected chi connectivity index (χ1v) is 12.5. The maximum atomic E-state index is 13.5. The Morgan fingerprint density at radius 2 is 1.85 bits per heavy atom. The first kappa shape index (κ1) is 25.8. The van der Waals surface area contributed by atoms with Gasteiger partial charge in [-0.25, -0.2) is 4.79 Å². The van der Waals surface area contributed by atoms with Gasteiger partial charge in [-0.05, 0) is 38.7 Å². The van der Waals surface area contributed by atoms with Crippen LogP contribution >= 0.6 is 11.6 Å². The summed E-state index contributed by atoms with van der Waals surface area (Å²) in [6.45, 7) is 7.03. The molecule has 0 aliphatic heterocycles. The standard InChI is InChI=1S/C24H35ClN6O3/c1-4-6-14-29-22(26)20(23(33)27-24(29)34)31(17-10-8-9-11-17)19(32)13-12-18-16(3)28-30(21(18)25)15-7-5-2/h12-13,17H,4-11,14-15,26H2,1-3H3,(H,27,33,34)/b13-12+. The molecule has 1 amide bonds. The van der Waals surface area contributed by atoms with Gasteiger partial charge in [-0.2, -0.15) is 5.10 Å². The van der Waals surface area contributed by atoms with Gasteiger partial charge in [0.05, 0.1) is 5.69 Å². The number of H-pyrrole nitrogens is 1. The number of aromatic nitrogens is 4. The topological polar surface area (TPSA) is 119 Å². The van der Waals surface area contributed by atoms with Gasteiger partial charge in [-0.1, -0.05) is 51.1 Å². The van der Waals surface area contributed by atoms with Crippen molar-refractivity contribution in [3.8, 4) is 0 Å². The lowest BCUT2D eigenvalue weighted by Crippen LogP contribution is -2.45. The minimum absolute atomic E-state index is 0.0254. The number of nitrogens with two attached hydrogens (primary N) is 1. The van der Waals surface area contributed by atoms with E-state index >= 15 is 0 Å². The first-order valence-electron chi connectivity index (χ1n) is 12.2. The van der Waals surface area contributed by atoms with E-state index in [0.717, 1.165) is 57.1 Å². The summed E-state index contributed by atoms with van der Waals surface area (Å²) in [5.74, 6) is -0.348. The Kier molecular flexibility index (Phi) is 8.77. The average molecular weight is 491 g/mol. The van der Waals surface area contributed by atoms with Crippen LogP contribution < -0.4 is 21.9 Å². The predicted octanol–water partition coefficient (Wildman–Crippen LogP) is 3.87. The van der Waals surface area contributed by atoms with Crippen molar-refractivity contribution < 1.29 is 4.79 Å². The second-order valence-corrected chi connectivity index (χ2v) is 9.20. The van der Waals surface area contributed by atoms with Gasteiger partial charge >= 0.3 is 5.69 Å². The van der Waals surface area contributed by atoms with Gasteiger partial charge < -0.3 is 5.73 Å². The Labute approximate surface area is 204 Å². The fourth-order valence-corrected chi connectivity index (χ4v) is 4.75. The van der Waals surface area contributed by atoms with Gasteiger partial charge in [0.1, 0.15) is 11.0 Å². The van der Waals surface area contributed by atoms with E-state index in [4.69, 9.17) is 17.3 Å². The number of aromatic amines is 1. The molecule has 34 heavy (non-hydrogen) atoms. The zero-order chi connectivity index (χ0) is 24.8. The van der Waals surface area contributed by atoms with Crippen molar-refractivity contribution in [1.82, 2.24) is 19.3 Å². The van der Waals surface area contributed by atoms with Crippen LogP contribution in [0.15, 0.2) is 15.7 Å². The number of nitrogens with zero attached hydrogens (tertiary/aromatic N) is 4. The third kappa shape index (κ3) is 5.46. The number of amides is 1. The SMILES string of the molecule is CCCCn1nc(C)c(/C=C/C(=O)N(c2c(N)n(CCCC)c(=O)[nH]c2=O)C2CCCC2)c1Cl. The van der Waals surface area contributed by atoms with Crippen molar-refractivity contribution in [3.05, 3.63) is 43.3 Å². The van der Waals surface area contributed by atoms with Gasteiger partial charge in [-0.3, -0.25) is 28.7 Å².